The zero-order valence-corrected chi connectivity index (χ0v) is 10.2. The summed E-state index contributed by atoms with van der Waals surface area (Å²) in [4.78, 5) is 1.36. The summed E-state index contributed by atoms with van der Waals surface area (Å²) in [6.07, 6.45) is 0. The van der Waals surface area contributed by atoms with Crippen molar-refractivity contribution in [2.24, 2.45) is 0 Å². The van der Waals surface area contributed by atoms with Crippen LogP contribution in [-0.2, 0) is 0 Å². The van der Waals surface area contributed by atoms with Gasteiger partial charge in [-0.05, 0) is 16.2 Å². The molecule has 0 radical (unpaired) electrons. The molecule has 64 valence electrons. The molecule has 0 aliphatic carbocycles. The molecule has 0 spiro atoms. The zero-order chi connectivity index (χ0) is 8.39. The van der Waals surface area contributed by atoms with Crippen LogP contribution >= 0.6 is 59.7 Å². The summed E-state index contributed by atoms with van der Waals surface area (Å²) in [7, 11) is 0. The van der Waals surface area contributed by atoms with Gasteiger partial charge in [-0.15, -0.1) is 0 Å². The van der Waals surface area contributed by atoms with E-state index in [9.17, 15) is 0 Å². The molecule has 2 aliphatic rings. The van der Waals surface area contributed by atoms with Crippen molar-refractivity contribution in [3.05, 3.63) is 29.6 Å². The Morgan fingerprint density at radius 3 is 2.42 bits per heavy atom. The van der Waals surface area contributed by atoms with Crippen molar-refractivity contribution in [3.63, 3.8) is 0 Å². The minimum Gasteiger partial charge on any atom is -0.174 e. The summed E-state index contributed by atoms with van der Waals surface area (Å²) in [5, 5.41) is 6.46. The average Bonchev–Trinajstić information content (AvgIpc) is 2.75. The van der Waals surface area contributed by atoms with Crippen LogP contribution in [0.2, 0.25) is 0 Å². The van der Waals surface area contributed by atoms with Crippen molar-refractivity contribution < 1.29 is 0 Å². The first-order valence-electron chi connectivity index (χ1n) is 3.27. The van der Waals surface area contributed by atoms with Gasteiger partial charge in [-0.3, -0.25) is 0 Å². The Bertz CT molecular complexity index is 266. The fraction of sp³-hybridized carbons (Fsp3) is 0.143. The van der Waals surface area contributed by atoms with E-state index in [2.05, 4.69) is 28.9 Å². The van der Waals surface area contributed by atoms with Gasteiger partial charge in [0.05, 0.1) is 8.47 Å². The van der Waals surface area contributed by atoms with Gasteiger partial charge in [-0.25, -0.2) is 0 Å². The average molecular weight is 250 g/mol. The molecule has 2 rings (SSSR count). The van der Waals surface area contributed by atoms with E-state index in [-0.39, 0.29) is 0 Å². The van der Waals surface area contributed by atoms with Crippen molar-refractivity contribution in [1.82, 2.24) is 0 Å². The van der Waals surface area contributed by atoms with E-state index in [1.807, 2.05) is 47.0 Å². The highest BCUT2D eigenvalue weighted by molar-refractivity contribution is 8.33. The fourth-order valence-corrected chi connectivity index (χ4v) is 5.51. The van der Waals surface area contributed by atoms with Crippen LogP contribution in [-0.4, -0.2) is 5.75 Å². The molecule has 0 bridgehead atoms. The Morgan fingerprint density at radius 1 is 1.08 bits per heavy atom. The van der Waals surface area contributed by atoms with Gasteiger partial charge in [0.2, 0.25) is 0 Å². The Hall–Kier alpha value is 0.970. The van der Waals surface area contributed by atoms with Crippen molar-refractivity contribution >= 4 is 59.7 Å². The summed E-state index contributed by atoms with van der Waals surface area (Å²) in [5.41, 5.74) is 0. The third kappa shape index (κ3) is 2.07. The summed E-state index contributed by atoms with van der Waals surface area (Å²) in [6.45, 7) is 0. The molecule has 12 heavy (non-hydrogen) atoms. The Kier molecular flexibility index (Phi) is 3.54. The van der Waals surface area contributed by atoms with Crippen LogP contribution in [0, 0.1) is 0 Å². The van der Waals surface area contributed by atoms with Crippen LogP contribution in [0.4, 0.5) is 0 Å². The molecule has 0 aromatic carbocycles. The smallest absolute Gasteiger partial charge is 0.0697 e. The van der Waals surface area contributed by atoms with Gasteiger partial charge in [-0.2, -0.15) is 12.6 Å². The third-order valence-corrected chi connectivity index (χ3v) is 6.87. The molecule has 5 heteroatoms. The topological polar surface area (TPSA) is 0 Å². The third-order valence-electron chi connectivity index (χ3n) is 1.25. The second-order valence-corrected chi connectivity index (χ2v) is 6.73. The van der Waals surface area contributed by atoms with Crippen LogP contribution in [0.15, 0.2) is 29.6 Å². The minimum atomic E-state index is 0.858. The zero-order valence-electron chi connectivity index (χ0n) is 6.02. The second-order valence-electron chi connectivity index (χ2n) is 2.04. The van der Waals surface area contributed by atoms with Crippen molar-refractivity contribution in [2.45, 2.75) is 0 Å². The van der Waals surface area contributed by atoms with Crippen molar-refractivity contribution in [3.8, 4) is 0 Å². The van der Waals surface area contributed by atoms with Crippen molar-refractivity contribution in [2.75, 3.05) is 5.75 Å². The van der Waals surface area contributed by atoms with E-state index < -0.39 is 0 Å². The first-order valence-corrected chi connectivity index (χ1v) is 7.36. The van der Waals surface area contributed by atoms with E-state index in [1.54, 1.807) is 0 Å². The summed E-state index contributed by atoms with van der Waals surface area (Å²) in [6, 6.07) is 0. The number of hydrogen-bond acceptors (Lipinski definition) is 5. The lowest BCUT2D eigenvalue weighted by Gasteiger charge is -1.99. The minimum absolute atomic E-state index is 0.858. The largest absolute Gasteiger partial charge is 0.174 e. The van der Waals surface area contributed by atoms with Crippen LogP contribution < -0.4 is 0 Å². The Balaban J connectivity index is 2.06. The summed E-state index contributed by atoms with van der Waals surface area (Å²) in [5.74, 6) is 0.858. The summed E-state index contributed by atoms with van der Waals surface area (Å²) >= 11 is 11.5. The van der Waals surface area contributed by atoms with E-state index in [0.29, 0.717) is 0 Å². The SMILES string of the molecule is SCC1=CSC(=C2SC=CS2)S1. The maximum atomic E-state index is 4.24. The highest BCUT2D eigenvalue weighted by Gasteiger charge is 2.17. The monoisotopic (exact) mass is 250 g/mol. The lowest BCUT2D eigenvalue weighted by molar-refractivity contribution is 1.77. The van der Waals surface area contributed by atoms with Crippen LogP contribution in [0.5, 0.6) is 0 Å². The van der Waals surface area contributed by atoms with E-state index in [4.69, 9.17) is 0 Å². The van der Waals surface area contributed by atoms with Gasteiger partial charge in [0.1, 0.15) is 0 Å². The first kappa shape index (κ1) is 9.52. The molecule has 0 amide bonds. The van der Waals surface area contributed by atoms with Crippen LogP contribution in [0.3, 0.4) is 0 Å². The first-order chi connectivity index (χ1) is 5.90. The van der Waals surface area contributed by atoms with Crippen LogP contribution in [0.25, 0.3) is 0 Å². The molecule has 0 aromatic heterocycles. The molecule has 2 aliphatic heterocycles. The second kappa shape index (κ2) is 4.46. The van der Waals surface area contributed by atoms with Gasteiger partial charge in [0, 0.05) is 10.7 Å². The number of rotatable bonds is 1. The standard InChI is InChI=1S/C7H6S5/c8-3-5-4-11-7(12-5)6-9-1-2-10-6/h1-2,4,8H,3H2. The van der Waals surface area contributed by atoms with E-state index >= 15 is 0 Å². The van der Waals surface area contributed by atoms with Gasteiger partial charge in [0.15, 0.2) is 0 Å². The lowest BCUT2D eigenvalue weighted by atomic mass is 10.7. The molecular formula is C7H6S5. The number of hydrogen-bond donors (Lipinski definition) is 1. The lowest BCUT2D eigenvalue weighted by Crippen LogP contribution is -1.70. The molecule has 0 N–H and O–H groups in total. The molecule has 0 saturated heterocycles. The van der Waals surface area contributed by atoms with E-state index in [0.717, 1.165) is 5.75 Å². The van der Waals surface area contributed by atoms with Crippen molar-refractivity contribution in [1.29, 1.82) is 0 Å². The maximum Gasteiger partial charge on any atom is 0.0697 e. The fourth-order valence-electron chi connectivity index (χ4n) is 0.749. The molecule has 0 aromatic rings. The number of thioether (sulfide) groups is 4. The molecule has 0 unspecified atom stereocenters. The quantitative estimate of drug-likeness (QED) is 0.688. The van der Waals surface area contributed by atoms with Gasteiger partial charge >= 0.3 is 0 Å². The molecule has 0 nitrogen and oxygen atoms in total. The van der Waals surface area contributed by atoms with Crippen LogP contribution in [0.1, 0.15) is 0 Å². The molecule has 0 atom stereocenters. The predicted octanol–water partition coefficient (Wildman–Crippen LogP) is 4.32. The molecule has 2 heterocycles. The van der Waals surface area contributed by atoms with E-state index in [1.165, 1.54) is 13.4 Å². The highest BCUT2D eigenvalue weighted by Crippen LogP contribution is 2.53. The maximum absolute atomic E-state index is 4.24. The molecular weight excluding hydrogens is 244 g/mol. The highest BCUT2D eigenvalue weighted by atomic mass is 32.2. The van der Waals surface area contributed by atoms with Gasteiger partial charge < -0.3 is 0 Å². The van der Waals surface area contributed by atoms with Gasteiger partial charge in [0.25, 0.3) is 0 Å². The molecule has 0 fully saturated rings. The van der Waals surface area contributed by atoms with Gasteiger partial charge in [-0.1, -0.05) is 47.0 Å². The Labute approximate surface area is 94.5 Å². The predicted molar refractivity (Wildman–Crippen MR) is 68.5 cm³/mol. The molecule has 0 saturated carbocycles. The summed E-state index contributed by atoms with van der Waals surface area (Å²) < 4.78 is 2.83. The Morgan fingerprint density at radius 2 is 1.83 bits per heavy atom. The number of thiol groups is 1. The normalized spacial score (nSPS) is 22.2.